The van der Waals surface area contributed by atoms with E-state index in [9.17, 15) is 5.11 Å². The van der Waals surface area contributed by atoms with Crippen molar-refractivity contribution in [3.8, 4) is 0 Å². The number of nitrogens with zero attached hydrogens (tertiary/aromatic N) is 2. The van der Waals surface area contributed by atoms with E-state index in [-0.39, 0.29) is 5.76 Å². The Hall–Kier alpha value is -2.44. The fraction of sp³-hybridized carbons (Fsp3) is 0.0556. The van der Waals surface area contributed by atoms with E-state index >= 15 is 0 Å². The number of nitrogens with one attached hydrogen (secondary N) is 1. The number of halogens is 2. The van der Waals surface area contributed by atoms with Crippen LogP contribution in [0.2, 0.25) is 5.02 Å². The van der Waals surface area contributed by atoms with Crippen LogP contribution in [0.5, 0.6) is 0 Å². The summed E-state index contributed by atoms with van der Waals surface area (Å²) in [7, 11) is 0. The monoisotopic (exact) mass is 416 g/mol. The van der Waals surface area contributed by atoms with Crippen LogP contribution in [0.25, 0.3) is 0 Å². The molecule has 5 nitrogen and oxygen atoms in total. The molecule has 1 N–H and O–H groups in total. The number of rotatable bonds is 5. The highest BCUT2D eigenvalue weighted by Gasteiger charge is 2.15. The second-order valence-electron chi connectivity index (χ2n) is 5.14. The molecule has 0 amide bonds. The molecule has 2 heterocycles. The van der Waals surface area contributed by atoms with Gasteiger partial charge >= 0.3 is 0 Å². The van der Waals surface area contributed by atoms with E-state index in [1.807, 2.05) is 6.07 Å². The summed E-state index contributed by atoms with van der Waals surface area (Å²) in [6.45, 7) is 0. The zero-order valence-electron chi connectivity index (χ0n) is 12.8. The summed E-state index contributed by atoms with van der Waals surface area (Å²) in [5.74, 6) is -0.143. The van der Waals surface area contributed by atoms with E-state index in [0.29, 0.717) is 16.5 Å². The highest BCUT2D eigenvalue weighted by atomic mass is 79.9. The van der Waals surface area contributed by atoms with Crippen LogP contribution in [0.1, 0.15) is 28.8 Å². The largest absolute Gasteiger partial charge is 0.856 e. The number of hydrogen-bond acceptors (Lipinski definition) is 5. The smallest absolute Gasteiger partial charge is 0.145 e. The predicted octanol–water partition coefficient (Wildman–Crippen LogP) is 3.98. The standard InChI is InChI=1S/C18H13BrClN3O2/c19-12-3-7-15(22-10-12)17(11-1-4-13(20)5-2-11)23-18(24)16-8-6-14(9-21)25-16/h1-10,17,21H,(H,23,24)/p-1. The Morgan fingerprint density at radius 3 is 2.56 bits per heavy atom. The number of benzene rings is 1. The molecule has 126 valence electrons. The van der Waals surface area contributed by atoms with E-state index in [1.165, 1.54) is 6.07 Å². The first-order valence-electron chi connectivity index (χ1n) is 7.29. The molecule has 1 unspecified atom stereocenters. The van der Waals surface area contributed by atoms with Crippen LogP contribution in [0.4, 0.5) is 0 Å². The van der Waals surface area contributed by atoms with Crippen molar-refractivity contribution in [3.05, 3.63) is 87.0 Å². The maximum atomic E-state index is 12.5. The molecular formula is C18H12BrClN3O2-. The maximum absolute atomic E-state index is 12.5. The number of pyridine rings is 1. The van der Waals surface area contributed by atoms with Gasteiger partial charge in [-0.1, -0.05) is 23.7 Å². The van der Waals surface area contributed by atoms with Crippen molar-refractivity contribution >= 4 is 39.6 Å². The summed E-state index contributed by atoms with van der Waals surface area (Å²) in [6.07, 6.45) is 2.68. The number of aromatic nitrogens is 1. The first kappa shape index (κ1) is 17.4. The number of hydrogen-bond donors (Lipinski definition) is 1. The maximum Gasteiger partial charge on any atom is 0.145 e. The molecule has 0 spiro atoms. The fourth-order valence-corrected chi connectivity index (χ4v) is 2.59. The number of furan rings is 1. The SMILES string of the molecule is N=Cc1ccc(C([O-])=NC(c2ccc(Cl)cc2)c2ccc(Br)cn2)o1. The molecular weight excluding hydrogens is 406 g/mol. The van der Waals surface area contributed by atoms with Gasteiger partial charge in [-0.05, 0) is 57.9 Å². The molecule has 3 aromatic rings. The van der Waals surface area contributed by atoms with E-state index in [2.05, 4.69) is 25.9 Å². The Morgan fingerprint density at radius 1 is 1.20 bits per heavy atom. The third-order valence-corrected chi connectivity index (χ3v) is 4.16. The molecule has 0 aliphatic rings. The van der Waals surface area contributed by atoms with Gasteiger partial charge in [-0.15, -0.1) is 0 Å². The van der Waals surface area contributed by atoms with Crippen LogP contribution in [0, 0.1) is 5.41 Å². The van der Waals surface area contributed by atoms with Crippen LogP contribution >= 0.6 is 27.5 Å². The summed E-state index contributed by atoms with van der Waals surface area (Å²) in [5.41, 5.74) is 1.41. The first-order valence-corrected chi connectivity index (χ1v) is 8.46. The van der Waals surface area contributed by atoms with Crippen molar-refractivity contribution in [3.63, 3.8) is 0 Å². The minimum absolute atomic E-state index is 0.0783. The summed E-state index contributed by atoms with van der Waals surface area (Å²) < 4.78 is 6.10. The predicted molar refractivity (Wildman–Crippen MR) is 98.4 cm³/mol. The van der Waals surface area contributed by atoms with Gasteiger partial charge in [0.1, 0.15) is 17.6 Å². The lowest BCUT2D eigenvalue weighted by Crippen LogP contribution is -2.20. The average molecular weight is 418 g/mol. The van der Waals surface area contributed by atoms with Crippen molar-refractivity contribution in [1.29, 1.82) is 5.41 Å². The van der Waals surface area contributed by atoms with Crippen molar-refractivity contribution < 1.29 is 9.52 Å². The van der Waals surface area contributed by atoms with Crippen molar-refractivity contribution in [2.45, 2.75) is 6.04 Å². The van der Waals surface area contributed by atoms with Gasteiger partial charge in [0.2, 0.25) is 0 Å². The lowest BCUT2D eigenvalue weighted by molar-refractivity contribution is -0.215. The molecule has 0 saturated carbocycles. The van der Waals surface area contributed by atoms with Crippen LogP contribution < -0.4 is 5.11 Å². The second kappa shape index (κ2) is 7.63. The summed E-state index contributed by atoms with van der Waals surface area (Å²) in [6, 6.07) is 13.2. The van der Waals surface area contributed by atoms with Crippen molar-refractivity contribution in [2.75, 3.05) is 0 Å². The van der Waals surface area contributed by atoms with Gasteiger partial charge in [0.25, 0.3) is 0 Å². The molecule has 2 aromatic heterocycles. The van der Waals surface area contributed by atoms with E-state index < -0.39 is 11.9 Å². The molecule has 7 heteroatoms. The molecule has 1 aromatic carbocycles. The van der Waals surface area contributed by atoms with Crippen molar-refractivity contribution in [2.24, 2.45) is 4.99 Å². The molecule has 25 heavy (non-hydrogen) atoms. The van der Waals surface area contributed by atoms with Crippen LogP contribution in [0.15, 0.2) is 68.6 Å². The van der Waals surface area contributed by atoms with Gasteiger partial charge in [0, 0.05) is 21.6 Å². The van der Waals surface area contributed by atoms with E-state index in [1.54, 1.807) is 42.6 Å². The summed E-state index contributed by atoms with van der Waals surface area (Å²) >= 11 is 9.29. The Labute approximate surface area is 157 Å². The Balaban J connectivity index is 2.03. The highest BCUT2D eigenvalue weighted by molar-refractivity contribution is 9.10. The highest BCUT2D eigenvalue weighted by Crippen LogP contribution is 2.27. The second-order valence-corrected chi connectivity index (χ2v) is 6.49. The molecule has 0 fully saturated rings. The minimum atomic E-state index is -0.591. The Kier molecular flexibility index (Phi) is 5.31. The first-order chi connectivity index (χ1) is 12.1. The quantitative estimate of drug-likeness (QED) is 0.503. The normalized spacial score (nSPS) is 12.8. The van der Waals surface area contributed by atoms with Gasteiger partial charge < -0.3 is 14.9 Å². The van der Waals surface area contributed by atoms with E-state index in [4.69, 9.17) is 21.4 Å². The third kappa shape index (κ3) is 4.15. The van der Waals surface area contributed by atoms with Gasteiger partial charge in [0.05, 0.1) is 11.9 Å². The van der Waals surface area contributed by atoms with Crippen LogP contribution in [0.3, 0.4) is 0 Å². The molecule has 0 aliphatic heterocycles. The molecule has 0 aliphatic carbocycles. The van der Waals surface area contributed by atoms with E-state index in [0.717, 1.165) is 16.3 Å². The Bertz CT molecular complexity index is 859. The van der Waals surface area contributed by atoms with Gasteiger partial charge in [-0.3, -0.25) is 9.98 Å². The summed E-state index contributed by atoms with van der Waals surface area (Å²) in [5, 5.41) is 20.2. The zero-order chi connectivity index (χ0) is 17.8. The Morgan fingerprint density at radius 2 is 1.96 bits per heavy atom. The topological polar surface area (TPSA) is 85.3 Å². The summed E-state index contributed by atoms with van der Waals surface area (Å²) in [4.78, 5) is 8.62. The molecule has 1 atom stereocenters. The third-order valence-electron chi connectivity index (χ3n) is 3.44. The van der Waals surface area contributed by atoms with Crippen LogP contribution in [-0.2, 0) is 0 Å². The molecule has 0 bridgehead atoms. The van der Waals surface area contributed by atoms with Crippen molar-refractivity contribution in [1.82, 2.24) is 4.98 Å². The zero-order valence-corrected chi connectivity index (χ0v) is 15.2. The van der Waals surface area contributed by atoms with Gasteiger partial charge in [0.15, 0.2) is 0 Å². The molecule has 0 saturated heterocycles. The number of aliphatic imine (C=N–C) groups is 1. The fourth-order valence-electron chi connectivity index (χ4n) is 2.23. The van der Waals surface area contributed by atoms with Gasteiger partial charge in [-0.25, -0.2) is 0 Å². The minimum Gasteiger partial charge on any atom is -0.856 e. The van der Waals surface area contributed by atoms with Crippen LogP contribution in [-0.4, -0.2) is 17.1 Å². The lowest BCUT2D eigenvalue weighted by atomic mass is 10.0. The molecule has 3 rings (SSSR count). The average Bonchev–Trinajstić information content (AvgIpc) is 3.11. The molecule has 0 radical (unpaired) electrons. The van der Waals surface area contributed by atoms with Gasteiger partial charge in [-0.2, -0.15) is 0 Å². The lowest BCUT2D eigenvalue weighted by Gasteiger charge is -2.17.